The number of ether oxygens (including phenoxy) is 1. The first kappa shape index (κ1) is 12.8. The molecule has 1 N–H and O–H groups in total. The molecule has 7 heteroatoms. The van der Waals surface area contributed by atoms with Gasteiger partial charge in [-0.3, -0.25) is 4.79 Å². The summed E-state index contributed by atoms with van der Waals surface area (Å²) in [6.07, 6.45) is 0.432. The maximum Gasteiger partial charge on any atom is 0.265 e. The highest BCUT2D eigenvalue weighted by molar-refractivity contribution is 8.13. The lowest BCUT2D eigenvalue weighted by atomic mass is 10.2. The molecule has 0 bridgehead atoms. The lowest BCUT2D eigenvalue weighted by molar-refractivity contribution is -0.105. The van der Waals surface area contributed by atoms with E-state index >= 15 is 0 Å². The van der Waals surface area contributed by atoms with E-state index in [1.54, 1.807) is 13.0 Å². The molecule has 1 aromatic rings. The number of halogens is 1. The quantitative estimate of drug-likeness (QED) is 0.660. The number of amides is 1. The lowest BCUT2D eigenvalue weighted by Crippen LogP contribution is -2.03. The van der Waals surface area contributed by atoms with Crippen molar-refractivity contribution in [3.63, 3.8) is 0 Å². The summed E-state index contributed by atoms with van der Waals surface area (Å²) >= 11 is 0. The zero-order valence-corrected chi connectivity index (χ0v) is 10.2. The van der Waals surface area contributed by atoms with Gasteiger partial charge in [0.05, 0.1) is 12.8 Å². The van der Waals surface area contributed by atoms with E-state index in [0.29, 0.717) is 12.0 Å². The average Bonchev–Trinajstić information content (AvgIpc) is 2.16. The van der Waals surface area contributed by atoms with Crippen molar-refractivity contribution in [2.45, 2.75) is 11.8 Å². The van der Waals surface area contributed by atoms with Gasteiger partial charge in [-0.05, 0) is 24.6 Å². The molecule has 0 aromatic heterocycles. The van der Waals surface area contributed by atoms with Crippen molar-refractivity contribution >= 4 is 31.8 Å². The summed E-state index contributed by atoms with van der Waals surface area (Å²) in [5, 5.41) is 2.35. The Bertz CT molecular complexity index is 512. The molecule has 0 aliphatic heterocycles. The van der Waals surface area contributed by atoms with E-state index in [2.05, 4.69) is 5.32 Å². The third-order valence-corrected chi connectivity index (χ3v) is 3.21. The Labute approximate surface area is 97.8 Å². The monoisotopic (exact) mass is 263 g/mol. The number of hydrogen-bond acceptors (Lipinski definition) is 4. The van der Waals surface area contributed by atoms with Gasteiger partial charge in [0.15, 0.2) is 5.75 Å². The molecule has 0 aliphatic carbocycles. The molecule has 0 atom stereocenters. The van der Waals surface area contributed by atoms with Crippen LogP contribution >= 0.6 is 10.7 Å². The van der Waals surface area contributed by atoms with Gasteiger partial charge >= 0.3 is 0 Å². The minimum atomic E-state index is -3.92. The Morgan fingerprint density at radius 2 is 2.06 bits per heavy atom. The number of aryl methyl sites for hydroxylation is 1. The molecule has 1 rings (SSSR count). The number of methoxy groups -OCH3 is 1. The van der Waals surface area contributed by atoms with Crippen LogP contribution in [-0.2, 0) is 13.8 Å². The van der Waals surface area contributed by atoms with Crippen LogP contribution in [0.1, 0.15) is 5.56 Å². The fourth-order valence-electron chi connectivity index (χ4n) is 1.30. The maximum atomic E-state index is 11.3. The predicted octanol–water partition coefficient (Wildman–Crippen LogP) is 1.50. The molecule has 5 nitrogen and oxygen atoms in total. The van der Waals surface area contributed by atoms with Crippen LogP contribution < -0.4 is 10.1 Å². The molecule has 0 fully saturated rings. The van der Waals surface area contributed by atoms with Crippen molar-refractivity contribution in [3.8, 4) is 5.75 Å². The summed E-state index contributed by atoms with van der Waals surface area (Å²) in [5.41, 5.74) is 0.904. The van der Waals surface area contributed by atoms with Gasteiger partial charge in [-0.15, -0.1) is 0 Å². The van der Waals surface area contributed by atoms with Crippen LogP contribution in [0, 0.1) is 6.92 Å². The highest BCUT2D eigenvalue weighted by Crippen LogP contribution is 2.35. The van der Waals surface area contributed by atoms with Crippen molar-refractivity contribution in [3.05, 3.63) is 17.7 Å². The molecule has 1 amide bonds. The number of rotatable bonds is 4. The largest absolute Gasteiger partial charge is 0.493 e. The van der Waals surface area contributed by atoms with E-state index in [4.69, 9.17) is 15.4 Å². The highest BCUT2D eigenvalue weighted by Gasteiger charge is 2.20. The van der Waals surface area contributed by atoms with Crippen LogP contribution in [0.2, 0.25) is 0 Å². The maximum absolute atomic E-state index is 11.3. The Balaban J connectivity index is 3.54. The predicted molar refractivity (Wildman–Crippen MR) is 60.5 cm³/mol. The molecule has 16 heavy (non-hydrogen) atoms. The van der Waals surface area contributed by atoms with Crippen LogP contribution in [0.4, 0.5) is 5.69 Å². The molecule has 0 spiro atoms. The number of carbonyl (C=O) groups is 1. The second kappa shape index (κ2) is 4.71. The SMILES string of the molecule is COc1c(NC=O)cc(C)cc1S(=O)(=O)Cl. The van der Waals surface area contributed by atoms with Gasteiger partial charge in [-0.2, -0.15) is 0 Å². The van der Waals surface area contributed by atoms with E-state index < -0.39 is 9.05 Å². The minimum Gasteiger partial charge on any atom is -0.493 e. The summed E-state index contributed by atoms with van der Waals surface area (Å²) in [6.45, 7) is 1.68. The van der Waals surface area contributed by atoms with E-state index in [1.165, 1.54) is 13.2 Å². The van der Waals surface area contributed by atoms with E-state index in [1.807, 2.05) is 0 Å². The molecule has 0 saturated heterocycles. The van der Waals surface area contributed by atoms with E-state index in [-0.39, 0.29) is 16.3 Å². The molecule has 1 aromatic carbocycles. The fourth-order valence-corrected chi connectivity index (χ4v) is 2.39. The lowest BCUT2D eigenvalue weighted by Gasteiger charge is -2.11. The number of carbonyl (C=O) groups excluding carboxylic acids is 1. The van der Waals surface area contributed by atoms with Gasteiger partial charge in [0.1, 0.15) is 4.90 Å². The van der Waals surface area contributed by atoms with Gasteiger partial charge in [-0.25, -0.2) is 8.42 Å². The third-order valence-electron chi connectivity index (χ3n) is 1.88. The third kappa shape index (κ3) is 2.65. The zero-order valence-electron chi connectivity index (χ0n) is 8.65. The van der Waals surface area contributed by atoms with Crippen LogP contribution in [-0.4, -0.2) is 21.9 Å². The molecule has 0 aliphatic rings. The Hall–Kier alpha value is -1.27. The molecular weight excluding hydrogens is 254 g/mol. The Morgan fingerprint density at radius 1 is 1.44 bits per heavy atom. The summed E-state index contributed by atoms with van der Waals surface area (Å²) in [6, 6.07) is 2.95. The first-order valence-electron chi connectivity index (χ1n) is 4.23. The number of hydrogen-bond donors (Lipinski definition) is 1. The Kier molecular flexibility index (Phi) is 3.77. The van der Waals surface area contributed by atoms with Gasteiger partial charge in [0, 0.05) is 10.7 Å². The van der Waals surface area contributed by atoms with Crippen molar-refractivity contribution in [1.82, 2.24) is 0 Å². The zero-order chi connectivity index (χ0) is 12.3. The first-order valence-corrected chi connectivity index (χ1v) is 6.54. The minimum absolute atomic E-state index is 0.0210. The van der Waals surface area contributed by atoms with Gasteiger partial charge < -0.3 is 10.1 Å². The van der Waals surface area contributed by atoms with Crippen LogP contribution in [0.15, 0.2) is 17.0 Å². The van der Waals surface area contributed by atoms with Crippen LogP contribution in [0.25, 0.3) is 0 Å². The smallest absolute Gasteiger partial charge is 0.265 e. The van der Waals surface area contributed by atoms with Crippen molar-refractivity contribution in [2.24, 2.45) is 0 Å². The van der Waals surface area contributed by atoms with Crippen molar-refractivity contribution in [1.29, 1.82) is 0 Å². The van der Waals surface area contributed by atoms with E-state index in [9.17, 15) is 13.2 Å². The average molecular weight is 264 g/mol. The summed E-state index contributed by atoms with van der Waals surface area (Å²) in [4.78, 5) is 10.2. The molecule has 88 valence electrons. The van der Waals surface area contributed by atoms with Crippen LogP contribution in [0.5, 0.6) is 5.75 Å². The molecule has 0 unspecified atom stereocenters. The second-order valence-electron chi connectivity index (χ2n) is 3.04. The molecular formula is C9H10ClNO4S. The molecule has 0 heterocycles. The molecule has 0 radical (unpaired) electrons. The summed E-state index contributed by atoms with van der Waals surface area (Å²) in [5.74, 6) is 0.0210. The number of benzene rings is 1. The van der Waals surface area contributed by atoms with Gasteiger partial charge in [0.2, 0.25) is 6.41 Å². The highest BCUT2D eigenvalue weighted by atomic mass is 35.7. The number of anilines is 1. The van der Waals surface area contributed by atoms with Gasteiger partial charge in [-0.1, -0.05) is 0 Å². The second-order valence-corrected chi connectivity index (χ2v) is 5.58. The fraction of sp³-hybridized carbons (Fsp3) is 0.222. The summed E-state index contributed by atoms with van der Waals surface area (Å²) in [7, 11) is 2.64. The van der Waals surface area contributed by atoms with Crippen molar-refractivity contribution < 1.29 is 17.9 Å². The summed E-state index contributed by atoms with van der Waals surface area (Å²) < 4.78 is 27.5. The molecule has 0 saturated carbocycles. The van der Waals surface area contributed by atoms with Crippen molar-refractivity contribution in [2.75, 3.05) is 12.4 Å². The Morgan fingerprint density at radius 3 is 2.50 bits per heavy atom. The van der Waals surface area contributed by atoms with E-state index in [0.717, 1.165) is 0 Å². The van der Waals surface area contributed by atoms with Crippen LogP contribution in [0.3, 0.4) is 0 Å². The normalized spacial score (nSPS) is 10.9. The number of nitrogens with one attached hydrogen (secondary N) is 1. The van der Waals surface area contributed by atoms with Gasteiger partial charge in [0.25, 0.3) is 9.05 Å². The first-order chi connectivity index (χ1) is 7.40. The standard InChI is InChI=1S/C9H10ClNO4S/c1-6-3-7(11-5-12)9(15-2)8(4-6)16(10,13)14/h3-5H,1-2H3,(H,11,12). The topological polar surface area (TPSA) is 72.5 Å².